The number of carbonyl (C=O) groups is 1. The molecule has 1 aromatic rings. The van der Waals surface area contributed by atoms with Gasteiger partial charge in [-0.25, -0.2) is 4.39 Å². The number of alkyl halides is 1. The van der Waals surface area contributed by atoms with Crippen LogP contribution in [0.4, 0.5) is 4.39 Å². The molecule has 0 unspecified atom stereocenters. The standard InChI is InChI=1S/C14H19ClFNO2/c1-19-13-10-11(6-7-12(13)16)14(18)17-9-5-3-2-4-8-15/h6-7,10H,2-5,8-9H2,1H3,(H,17,18). The van der Waals surface area contributed by atoms with E-state index >= 15 is 0 Å². The predicted molar refractivity (Wildman–Crippen MR) is 74.5 cm³/mol. The molecule has 5 heteroatoms. The number of carbonyl (C=O) groups excluding carboxylic acids is 1. The Hall–Kier alpha value is -1.29. The van der Waals surface area contributed by atoms with Crippen LogP contribution in [-0.4, -0.2) is 25.4 Å². The zero-order valence-corrected chi connectivity index (χ0v) is 11.8. The second kappa shape index (κ2) is 8.75. The molecule has 106 valence electrons. The third-order valence-corrected chi connectivity index (χ3v) is 3.03. The number of hydrogen-bond acceptors (Lipinski definition) is 2. The molecule has 1 rings (SSSR count). The molecule has 0 aliphatic heterocycles. The van der Waals surface area contributed by atoms with Crippen LogP contribution in [0.1, 0.15) is 36.0 Å². The lowest BCUT2D eigenvalue weighted by atomic mass is 10.1. The van der Waals surface area contributed by atoms with Gasteiger partial charge < -0.3 is 10.1 Å². The van der Waals surface area contributed by atoms with E-state index in [0.29, 0.717) is 18.0 Å². The van der Waals surface area contributed by atoms with E-state index in [1.54, 1.807) is 0 Å². The number of amides is 1. The molecule has 0 spiro atoms. The van der Waals surface area contributed by atoms with E-state index in [4.69, 9.17) is 16.3 Å². The van der Waals surface area contributed by atoms with E-state index in [0.717, 1.165) is 25.7 Å². The first-order valence-corrected chi connectivity index (χ1v) is 6.90. The van der Waals surface area contributed by atoms with Gasteiger partial charge in [-0.05, 0) is 31.0 Å². The van der Waals surface area contributed by atoms with Crippen molar-refractivity contribution in [3.63, 3.8) is 0 Å². The zero-order chi connectivity index (χ0) is 14.1. The largest absolute Gasteiger partial charge is 0.494 e. The van der Waals surface area contributed by atoms with Gasteiger partial charge in [-0.3, -0.25) is 4.79 Å². The molecule has 0 fully saturated rings. The van der Waals surface area contributed by atoms with Gasteiger partial charge in [-0.15, -0.1) is 11.6 Å². The molecular weight excluding hydrogens is 269 g/mol. The van der Waals surface area contributed by atoms with Crippen LogP contribution in [0.15, 0.2) is 18.2 Å². The molecular formula is C14H19ClFNO2. The maximum atomic E-state index is 13.2. The molecule has 1 aromatic carbocycles. The van der Waals surface area contributed by atoms with E-state index in [2.05, 4.69) is 5.32 Å². The number of hydrogen-bond donors (Lipinski definition) is 1. The van der Waals surface area contributed by atoms with Gasteiger partial charge in [-0.1, -0.05) is 12.8 Å². The van der Waals surface area contributed by atoms with Crippen LogP contribution in [0, 0.1) is 5.82 Å². The summed E-state index contributed by atoms with van der Waals surface area (Å²) in [6.07, 6.45) is 4.04. The van der Waals surface area contributed by atoms with Crippen LogP contribution in [0.2, 0.25) is 0 Å². The first kappa shape index (κ1) is 15.8. The second-order valence-electron chi connectivity index (χ2n) is 4.21. The lowest BCUT2D eigenvalue weighted by molar-refractivity contribution is 0.0952. The third-order valence-electron chi connectivity index (χ3n) is 2.76. The maximum absolute atomic E-state index is 13.2. The van der Waals surface area contributed by atoms with Gasteiger partial charge in [0.15, 0.2) is 11.6 Å². The first-order valence-electron chi connectivity index (χ1n) is 6.36. The lowest BCUT2D eigenvalue weighted by Crippen LogP contribution is -2.24. The number of methoxy groups -OCH3 is 1. The van der Waals surface area contributed by atoms with Crippen molar-refractivity contribution >= 4 is 17.5 Å². The number of halogens is 2. The van der Waals surface area contributed by atoms with E-state index in [-0.39, 0.29) is 11.7 Å². The molecule has 0 aliphatic rings. The Labute approximate surface area is 118 Å². The van der Waals surface area contributed by atoms with Crippen LogP contribution < -0.4 is 10.1 Å². The summed E-state index contributed by atoms with van der Waals surface area (Å²) in [4.78, 5) is 11.8. The van der Waals surface area contributed by atoms with E-state index in [1.807, 2.05) is 0 Å². The highest BCUT2D eigenvalue weighted by atomic mass is 35.5. The summed E-state index contributed by atoms with van der Waals surface area (Å²) >= 11 is 5.57. The van der Waals surface area contributed by atoms with Crippen molar-refractivity contribution in [2.75, 3.05) is 19.5 Å². The molecule has 3 nitrogen and oxygen atoms in total. The average molecular weight is 288 g/mol. The molecule has 0 atom stereocenters. The SMILES string of the molecule is COc1cc(C(=O)NCCCCCCCl)ccc1F. The highest BCUT2D eigenvalue weighted by Crippen LogP contribution is 2.18. The smallest absolute Gasteiger partial charge is 0.251 e. The van der Waals surface area contributed by atoms with Gasteiger partial charge in [0.2, 0.25) is 0 Å². The number of ether oxygens (including phenoxy) is 1. The van der Waals surface area contributed by atoms with Crippen LogP contribution in [-0.2, 0) is 0 Å². The van der Waals surface area contributed by atoms with Crippen LogP contribution in [0.3, 0.4) is 0 Å². The van der Waals surface area contributed by atoms with Crippen molar-refractivity contribution in [1.29, 1.82) is 0 Å². The summed E-state index contributed by atoms with van der Waals surface area (Å²) in [5.74, 6) is 0.0763. The monoisotopic (exact) mass is 287 g/mol. The lowest BCUT2D eigenvalue weighted by Gasteiger charge is -2.07. The van der Waals surface area contributed by atoms with Gasteiger partial charge in [0.1, 0.15) is 0 Å². The Kier molecular flexibility index (Phi) is 7.26. The van der Waals surface area contributed by atoms with Crippen LogP contribution >= 0.6 is 11.6 Å². The Morgan fingerprint density at radius 1 is 1.32 bits per heavy atom. The van der Waals surface area contributed by atoms with E-state index < -0.39 is 5.82 Å². The summed E-state index contributed by atoms with van der Waals surface area (Å²) in [7, 11) is 1.37. The molecule has 0 aromatic heterocycles. The highest BCUT2D eigenvalue weighted by molar-refractivity contribution is 6.17. The third kappa shape index (κ3) is 5.47. The Morgan fingerprint density at radius 2 is 2.05 bits per heavy atom. The fraction of sp³-hybridized carbons (Fsp3) is 0.500. The van der Waals surface area contributed by atoms with Crippen LogP contribution in [0.25, 0.3) is 0 Å². The molecule has 0 heterocycles. The molecule has 0 bridgehead atoms. The number of unbranched alkanes of at least 4 members (excludes halogenated alkanes) is 3. The minimum atomic E-state index is -0.472. The number of benzene rings is 1. The average Bonchev–Trinajstić information content (AvgIpc) is 2.43. The Balaban J connectivity index is 2.37. The van der Waals surface area contributed by atoms with Crippen molar-refractivity contribution in [3.05, 3.63) is 29.6 Å². The summed E-state index contributed by atoms with van der Waals surface area (Å²) in [6, 6.07) is 4.08. The molecule has 1 N–H and O–H groups in total. The van der Waals surface area contributed by atoms with Gasteiger partial charge in [0.05, 0.1) is 7.11 Å². The van der Waals surface area contributed by atoms with Gasteiger partial charge >= 0.3 is 0 Å². The highest BCUT2D eigenvalue weighted by Gasteiger charge is 2.09. The van der Waals surface area contributed by atoms with Gasteiger partial charge in [-0.2, -0.15) is 0 Å². The predicted octanol–water partition coefficient (Wildman–Crippen LogP) is 3.36. The Bertz CT molecular complexity index is 412. The molecule has 1 amide bonds. The quantitative estimate of drug-likeness (QED) is 0.588. The summed E-state index contributed by atoms with van der Waals surface area (Å²) < 4.78 is 18.0. The van der Waals surface area contributed by atoms with E-state index in [9.17, 15) is 9.18 Å². The van der Waals surface area contributed by atoms with Crippen molar-refractivity contribution in [2.24, 2.45) is 0 Å². The number of rotatable bonds is 8. The van der Waals surface area contributed by atoms with Crippen molar-refractivity contribution in [1.82, 2.24) is 5.32 Å². The van der Waals surface area contributed by atoms with Crippen molar-refractivity contribution in [2.45, 2.75) is 25.7 Å². The molecule has 0 radical (unpaired) electrons. The molecule has 19 heavy (non-hydrogen) atoms. The minimum Gasteiger partial charge on any atom is -0.494 e. The van der Waals surface area contributed by atoms with E-state index in [1.165, 1.54) is 25.3 Å². The summed E-state index contributed by atoms with van der Waals surface area (Å²) in [5.41, 5.74) is 0.402. The Morgan fingerprint density at radius 3 is 2.74 bits per heavy atom. The summed E-state index contributed by atoms with van der Waals surface area (Å²) in [5, 5.41) is 2.80. The normalized spacial score (nSPS) is 10.3. The molecule has 0 aliphatic carbocycles. The first-order chi connectivity index (χ1) is 9.19. The molecule has 0 saturated carbocycles. The van der Waals surface area contributed by atoms with Gasteiger partial charge in [0, 0.05) is 18.0 Å². The zero-order valence-electron chi connectivity index (χ0n) is 11.0. The van der Waals surface area contributed by atoms with Crippen molar-refractivity contribution in [3.8, 4) is 5.75 Å². The fourth-order valence-corrected chi connectivity index (χ4v) is 1.87. The topological polar surface area (TPSA) is 38.3 Å². The maximum Gasteiger partial charge on any atom is 0.251 e. The number of nitrogens with one attached hydrogen (secondary N) is 1. The van der Waals surface area contributed by atoms with Crippen molar-refractivity contribution < 1.29 is 13.9 Å². The fourth-order valence-electron chi connectivity index (χ4n) is 1.68. The molecule has 0 saturated heterocycles. The van der Waals surface area contributed by atoms with Gasteiger partial charge in [0.25, 0.3) is 5.91 Å². The van der Waals surface area contributed by atoms with Crippen LogP contribution in [0.5, 0.6) is 5.75 Å². The minimum absolute atomic E-state index is 0.0785. The summed E-state index contributed by atoms with van der Waals surface area (Å²) in [6.45, 7) is 0.612. The second-order valence-corrected chi connectivity index (χ2v) is 4.59.